The first-order chi connectivity index (χ1) is 26.1. The molecule has 2 aliphatic rings. The number of ether oxygens (including phenoxy) is 1. The van der Waals surface area contributed by atoms with Crippen LogP contribution in [0.25, 0.3) is 34.4 Å². The Morgan fingerprint density at radius 3 is 2.20 bits per heavy atom. The molecule has 0 aliphatic carbocycles. The van der Waals surface area contributed by atoms with E-state index in [9.17, 15) is 14.4 Å². The fourth-order valence-corrected chi connectivity index (χ4v) is 7.25. The number of methoxy groups -OCH3 is 1. The average Bonchev–Trinajstić information content (AvgIpc) is 4.00. The molecule has 2 aliphatic heterocycles. The number of hydrogen-bond donors (Lipinski definition) is 3. The predicted octanol–water partition coefficient (Wildman–Crippen LogP) is 6.46. The molecule has 14 nitrogen and oxygen atoms in total. The number of nitrogens with zero attached hydrogens (tertiary/aromatic N) is 5. The third-order valence-electron chi connectivity index (χ3n) is 10.1. The Bertz CT molecular complexity index is 1980. The molecular formula is C40H50N8O6. The molecule has 0 saturated carbocycles. The highest BCUT2D eigenvalue weighted by Gasteiger charge is 2.38. The van der Waals surface area contributed by atoms with Gasteiger partial charge in [0.1, 0.15) is 23.7 Å². The summed E-state index contributed by atoms with van der Waals surface area (Å²) in [5.41, 5.74) is 5.52. The summed E-state index contributed by atoms with van der Waals surface area (Å²) in [6.07, 6.45) is 9.91. The average molecular weight is 739 g/mol. The molecule has 4 aromatic rings. The first kappa shape index (κ1) is 38.2. The van der Waals surface area contributed by atoms with Gasteiger partial charge in [0, 0.05) is 24.8 Å². The van der Waals surface area contributed by atoms with Gasteiger partial charge in [-0.25, -0.2) is 19.8 Å². The Kier molecular flexibility index (Phi) is 12.1. The zero-order valence-corrected chi connectivity index (χ0v) is 31.7. The van der Waals surface area contributed by atoms with Crippen LogP contribution in [0.15, 0.2) is 53.7 Å². The van der Waals surface area contributed by atoms with Gasteiger partial charge in [-0.05, 0) is 60.8 Å². The molecule has 4 atom stereocenters. The molecular weight excluding hydrogens is 688 g/mol. The fourth-order valence-electron chi connectivity index (χ4n) is 7.25. The van der Waals surface area contributed by atoms with Crippen molar-refractivity contribution in [3.63, 3.8) is 0 Å². The highest BCUT2D eigenvalue weighted by Crippen LogP contribution is 2.34. The minimum absolute atomic E-state index is 0.00859. The molecule has 2 fully saturated rings. The predicted molar refractivity (Wildman–Crippen MR) is 206 cm³/mol. The van der Waals surface area contributed by atoms with E-state index in [1.807, 2.05) is 80.1 Å². The highest BCUT2D eigenvalue weighted by molar-refractivity contribution is 5.87. The smallest absolute Gasteiger partial charge is 0.407 e. The highest BCUT2D eigenvalue weighted by atomic mass is 17.2. The van der Waals surface area contributed by atoms with Crippen LogP contribution in [0.3, 0.4) is 0 Å². The van der Waals surface area contributed by atoms with Crippen LogP contribution in [0, 0.1) is 11.8 Å². The topological polar surface area (TPSA) is 167 Å². The summed E-state index contributed by atoms with van der Waals surface area (Å²) < 4.78 is 4.76. The lowest BCUT2D eigenvalue weighted by Crippen LogP contribution is -2.51. The largest absolute Gasteiger partial charge is 0.453 e. The van der Waals surface area contributed by atoms with Gasteiger partial charge < -0.3 is 34.7 Å². The number of aromatic nitrogens is 4. The Balaban J connectivity index is 1.11. The lowest BCUT2D eigenvalue weighted by Gasteiger charge is -2.29. The molecule has 286 valence electrons. The minimum Gasteiger partial charge on any atom is -0.453 e. The number of carbonyl (C=O) groups is 3. The number of alkyl carbamates (subject to hydrolysis) is 1. The number of nitrogens with one attached hydrogen (secondary N) is 3. The van der Waals surface area contributed by atoms with Gasteiger partial charge in [0.15, 0.2) is 0 Å². The van der Waals surface area contributed by atoms with E-state index in [-0.39, 0.29) is 35.7 Å². The van der Waals surface area contributed by atoms with Gasteiger partial charge in [0.05, 0.1) is 43.0 Å². The van der Waals surface area contributed by atoms with E-state index < -0.39 is 18.2 Å². The van der Waals surface area contributed by atoms with E-state index in [0.717, 1.165) is 70.7 Å². The monoisotopic (exact) mass is 738 g/mol. The number of aliphatic imine (C=N–C) groups is 1. The van der Waals surface area contributed by atoms with Crippen molar-refractivity contribution in [2.45, 2.75) is 77.5 Å². The van der Waals surface area contributed by atoms with E-state index in [2.05, 4.69) is 43.4 Å². The van der Waals surface area contributed by atoms with Crippen LogP contribution >= 0.6 is 0 Å². The molecule has 0 unspecified atom stereocenters. The van der Waals surface area contributed by atoms with Gasteiger partial charge in [-0.15, -0.1) is 0 Å². The van der Waals surface area contributed by atoms with Gasteiger partial charge in [0.25, 0.3) is 0 Å². The summed E-state index contributed by atoms with van der Waals surface area (Å²) >= 11 is 0. The van der Waals surface area contributed by atoms with Crippen molar-refractivity contribution in [3.05, 3.63) is 71.4 Å². The maximum Gasteiger partial charge on any atom is 0.407 e. The van der Waals surface area contributed by atoms with Crippen molar-refractivity contribution in [2.75, 3.05) is 27.3 Å². The normalized spacial score (nSPS) is 18.7. The Hall–Kier alpha value is -5.50. The van der Waals surface area contributed by atoms with E-state index in [1.165, 1.54) is 20.6 Å². The van der Waals surface area contributed by atoms with Crippen molar-refractivity contribution in [3.8, 4) is 11.3 Å². The lowest BCUT2D eigenvalue weighted by molar-refractivity contribution is -0.188. The molecule has 3 amide bonds. The van der Waals surface area contributed by atoms with Gasteiger partial charge in [-0.3, -0.25) is 9.59 Å². The molecule has 54 heavy (non-hydrogen) atoms. The number of hydrogen-bond acceptors (Lipinski definition) is 9. The SMILES string of the molecule is COO/C=N\[C@H](C(=O)N1CCC[C@H]1c1nc(-c2ccc(/C=C/c3ccc4[nH]c([C@@H]5CCCN5C(=O)[C@@H](NC(=O)OC)C(C)C)nc4c3)cc2)c[nH]1)C(C)C. The summed E-state index contributed by atoms with van der Waals surface area (Å²) in [6.45, 7) is 8.98. The first-order valence-corrected chi connectivity index (χ1v) is 18.6. The second kappa shape index (κ2) is 17.1. The molecule has 0 spiro atoms. The lowest BCUT2D eigenvalue weighted by atomic mass is 10.0. The van der Waals surface area contributed by atoms with Crippen LogP contribution in [0.5, 0.6) is 0 Å². The maximum atomic E-state index is 13.6. The molecule has 2 aromatic heterocycles. The molecule has 2 saturated heterocycles. The van der Waals surface area contributed by atoms with E-state index in [4.69, 9.17) is 19.6 Å². The Labute approximate surface area is 315 Å². The third kappa shape index (κ3) is 8.49. The van der Waals surface area contributed by atoms with Crippen molar-refractivity contribution in [1.82, 2.24) is 35.1 Å². The Morgan fingerprint density at radius 1 is 0.870 bits per heavy atom. The number of amides is 3. The van der Waals surface area contributed by atoms with Crippen LogP contribution < -0.4 is 5.32 Å². The number of rotatable bonds is 13. The summed E-state index contributed by atoms with van der Waals surface area (Å²) in [4.78, 5) is 72.9. The summed E-state index contributed by atoms with van der Waals surface area (Å²) in [7, 11) is 2.68. The Morgan fingerprint density at radius 2 is 1.54 bits per heavy atom. The minimum atomic E-state index is -0.684. The summed E-state index contributed by atoms with van der Waals surface area (Å²) in [5.74, 6) is 1.21. The molecule has 3 N–H and O–H groups in total. The van der Waals surface area contributed by atoms with Crippen LogP contribution in [0.2, 0.25) is 0 Å². The van der Waals surface area contributed by atoms with Crippen molar-refractivity contribution in [2.24, 2.45) is 16.8 Å². The molecule has 0 radical (unpaired) electrons. The van der Waals surface area contributed by atoms with Crippen molar-refractivity contribution < 1.29 is 28.9 Å². The molecule has 2 aromatic carbocycles. The van der Waals surface area contributed by atoms with Crippen molar-refractivity contribution >= 4 is 47.5 Å². The zero-order chi connectivity index (χ0) is 38.4. The van der Waals surface area contributed by atoms with Crippen LogP contribution in [-0.2, 0) is 24.1 Å². The molecule has 6 rings (SSSR count). The van der Waals surface area contributed by atoms with Gasteiger partial charge in [-0.2, -0.15) is 4.89 Å². The van der Waals surface area contributed by atoms with Gasteiger partial charge in [0.2, 0.25) is 18.2 Å². The van der Waals surface area contributed by atoms with E-state index in [1.54, 1.807) is 0 Å². The summed E-state index contributed by atoms with van der Waals surface area (Å²) in [6, 6.07) is 12.6. The molecule has 14 heteroatoms. The third-order valence-corrected chi connectivity index (χ3v) is 10.1. The first-order valence-electron chi connectivity index (χ1n) is 18.6. The summed E-state index contributed by atoms with van der Waals surface area (Å²) in [5, 5.41) is 2.70. The van der Waals surface area contributed by atoms with Crippen LogP contribution in [0.4, 0.5) is 4.79 Å². The number of imidazole rings is 2. The zero-order valence-electron chi connectivity index (χ0n) is 31.7. The number of likely N-dealkylation sites (tertiary alicyclic amines) is 2. The van der Waals surface area contributed by atoms with Gasteiger partial charge >= 0.3 is 6.09 Å². The number of aromatic amines is 2. The quantitative estimate of drug-likeness (QED) is 0.0462. The maximum absolute atomic E-state index is 13.6. The number of carbonyl (C=O) groups excluding carboxylic acids is 3. The fraction of sp³-hybridized carbons (Fsp3) is 0.450. The number of fused-ring (bicyclic) bond motifs is 1. The number of H-pyrrole nitrogens is 2. The second-order valence-corrected chi connectivity index (χ2v) is 14.5. The van der Waals surface area contributed by atoms with Gasteiger partial charge in [-0.1, -0.05) is 70.2 Å². The van der Waals surface area contributed by atoms with Crippen LogP contribution in [-0.4, -0.2) is 93.4 Å². The van der Waals surface area contributed by atoms with Crippen LogP contribution in [0.1, 0.15) is 88.2 Å². The second-order valence-electron chi connectivity index (χ2n) is 14.5. The molecule has 0 bridgehead atoms. The van der Waals surface area contributed by atoms with E-state index >= 15 is 0 Å². The van der Waals surface area contributed by atoms with Crippen molar-refractivity contribution in [1.29, 1.82) is 0 Å². The molecule has 4 heterocycles. The standard InChI is InChI=1S/C40H50N8O6/c1-24(2)34(42-23-54-53-6)38(49)47-19-7-9-32(47)36-41-22-31(45-36)28-16-13-26(14-17-28)11-12-27-15-18-29-30(21-27)44-37(43-29)33-10-8-20-48(33)39(50)35(25(3)4)46-40(51)52-5/h11-18,21-25,32-35H,7-10,19-20H2,1-6H3,(H,41,45)(H,43,44)(H,46,51)/b12-11+,42-23-/t32-,33-,34-,35-/m0/s1. The number of benzene rings is 2. The van der Waals surface area contributed by atoms with E-state index in [0.29, 0.717) is 13.1 Å².